The minimum Gasteiger partial charge on any atom is -0.381 e. The number of carbonyl (C=O) groups is 1. The molecule has 1 aromatic heterocycles. The van der Waals surface area contributed by atoms with E-state index >= 15 is 0 Å². The Hall–Kier alpha value is -1.40. The van der Waals surface area contributed by atoms with Crippen LogP contribution in [0.15, 0.2) is 0 Å². The molecule has 6 heteroatoms. The van der Waals surface area contributed by atoms with Crippen molar-refractivity contribution in [1.29, 1.82) is 0 Å². The average molecular weight is 306 g/mol. The van der Waals surface area contributed by atoms with Gasteiger partial charge in [0.15, 0.2) is 5.69 Å². The van der Waals surface area contributed by atoms with Gasteiger partial charge in [-0.1, -0.05) is 13.8 Å². The van der Waals surface area contributed by atoms with E-state index in [0.717, 1.165) is 43.5 Å². The standard InChI is InChI=1S/C16H26N4O2/c1-4-16(5-2)12(8-13(16)22-3)18-15(21)14-10-9-17-7-6-11(10)19-20-14/h12-13,17H,4-9H2,1-3H3,(H,18,21)(H,19,20). The van der Waals surface area contributed by atoms with Crippen molar-refractivity contribution in [1.82, 2.24) is 20.8 Å². The SMILES string of the molecule is CCC1(CC)C(NC(=O)c2n[nH]c3c2CNCC3)CC1OC. The second kappa shape index (κ2) is 6.01. The molecule has 1 aliphatic heterocycles. The Labute approximate surface area is 131 Å². The second-order valence-electron chi connectivity index (χ2n) is 6.38. The quantitative estimate of drug-likeness (QED) is 0.768. The maximum absolute atomic E-state index is 12.6. The van der Waals surface area contributed by atoms with Gasteiger partial charge in [0, 0.05) is 49.3 Å². The molecule has 2 heterocycles. The minimum atomic E-state index is -0.0629. The van der Waals surface area contributed by atoms with E-state index in [4.69, 9.17) is 4.74 Å². The number of hydrogen-bond acceptors (Lipinski definition) is 4. The summed E-state index contributed by atoms with van der Waals surface area (Å²) in [6.07, 6.45) is 4.04. The first-order chi connectivity index (χ1) is 10.7. The molecule has 6 nitrogen and oxygen atoms in total. The number of aromatic amines is 1. The van der Waals surface area contributed by atoms with Gasteiger partial charge in [0.25, 0.3) is 5.91 Å². The van der Waals surface area contributed by atoms with Gasteiger partial charge in [-0.15, -0.1) is 0 Å². The van der Waals surface area contributed by atoms with E-state index in [-0.39, 0.29) is 23.5 Å². The van der Waals surface area contributed by atoms with Crippen LogP contribution >= 0.6 is 0 Å². The van der Waals surface area contributed by atoms with Gasteiger partial charge in [0.05, 0.1) is 6.10 Å². The fourth-order valence-corrected chi connectivity index (χ4v) is 4.12. The summed E-state index contributed by atoms with van der Waals surface area (Å²) in [5.41, 5.74) is 2.71. The van der Waals surface area contributed by atoms with Crippen LogP contribution in [0.1, 0.15) is 54.9 Å². The molecular formula is C16H26N4O2. The van der Waals surface area contributed by atoms with Crippen LogP contribution in [0.2, 0.25) is 0 Å². The maximum Gasteiger partial charge on any atom is 0.272 e. The number of aromatic nitrogens is 2. The lowest BCUT2D eigenvalue weighted by Gasteiger charge is -2.55. The Balaban J connectivity index is 1.74. The molecule has 0 saturated heterocycles. The molecule has 0 bridgehead atoms. The molecule has 1 aromatic rings. The molecule has 1 saturated carbocycles. The van der Waals surface area contributed by atoms with E-state index in [1.807, 2.05) is 0 Å². The normalized spacial score (nSPS) is 26.1. The molecule has 1 amide bonds. The van der Waals surface area contributed by atoms with Crippen LogP contribution in [0.25, 0.3) is 0 Å². The topological polar surface area (TPSA) is 79.0 Å². The Morgan fingerprint density at radius 3 is 2.91 bits per heavy atom. The number of ether oxygens (including phenoxy) is 1. The lowest BCUT2D eigenvalue weighted by molar-refractivity contribution is -0.120. The fourth-order valence-electron chi connectivity index (χ4n) is 4.12. The van der Waals surface area contributed by atoms with E-state index in [1.54, 1.807) is 7.11 Å². The number of methoxy groups -OCH3 is 1. The third-order valence-corrected chi connectivity index (χ3v) is 5.71. The number of hydrogen-bond donors (Lipinski definition) is 3. The number of fused-ring (bicyclic) bond motifs is 1. The zero-order valence-electron chi connectivity index (χ0n) is 13.7. The molecule has 0 radical (unpaired) electrons. The van der Waals surface area contributed by atoms with Crippen molar-refractivity contribution in [3.8, 4) is 0 Å². The molecule has 2 unspecified atom stereocenters. The third kappa shape index (κ3) is 2.25. The number of nitrogens with one attached hydrogen (secondary N) is 3. The van der Waals surface area contributed by atoms with Gasteiger partial charge in [0.1, 0.15) is 0 Å². The number of H-pyrrole nitrogens is 1. The van der Waals surface area contributed by atoms with Crippen LogP contribution in [0.4, 0.5) is 0 Å². The zero-order chi connectivity index (χ0) is 15.7. The monoisotopic (exact) mass is 306 g/mol. The molecule has 0 spiro atoms. The zero-order valence-corrected chi connectivity index (χ0v) is 13.7. The highest BCUT2D eigenvalue weighted by Crippen LogP contribution is 2.48. The summed E-state index contributed by atoms with van der Waals surface area (Å²) in [7, 11) is 1.76. The first-order valence-electron chi connectivity index (χ1n) is 8.26. The first-order valence-corrected chi connectivity index (χ1v) is 8.26. The molecule has 122 valence electrons. The van der Waals surface area contributed by atoms with E-state index in [1.165, 1.54) is 0 Å². The molecule has 22 heavy (non-hydrogen) atoms. The van der Waals surface area contributed by atoms with Gasteiger partial charge in [-0.05, 0) is 19.3 Å². The minimum absolute atomic E-state index is 0.0546. The lowest BCUT2D eigenvalue weighted by atomic mass is 9.58. The second-order valence-corrected chi connectivity index (χ2v) is 6.38. The number of carbonyl (C=O) groups excluding carboxylic acids is 1. The van der Waals surface area contributed by atoms with Crippen molar-refractivity contribution >= 4 is 5.91 Å². The smallest absolute Gasteiger partial charge is 0.272 e. The number of amides is 1. The average Bonchev–Trinajstić information content (AvgIpc) is 2.96. The van der Waals surface area contributed by atoms with E-state index in [0.29, 0.717) is 12.2 Å². The summed E-state index contributed by atoms with van der Waals surface area (Å²) in [4.78, 5) is 12.6. The van der Waals surface area contributed by atoms with Crippen LogP contribution in [0.3, 0.4) is 0 Å². The highest BCUT2D eigenvalue weighted by molar-refractivity contribution is 5.94. The molecule has 0 aromatic carbocycles. The van der Waals surface area contributed by atoms with Gasteiger partial charge >= 0.3 is 0 Å². The molecule has 1 fully saturated rings. The van der Waals surface area contributed by atoms with Gasteiger partial charge in [-0.2, -0.15) is 5.10 Å². The highest BCUT2D eigenvalue weighted by atomic mass is 16.5. The molecule has 3 rings (SSSR count). The molecular weight excluding hydrogens is 280 g/mol. The van der Waals surface area contributed by atoms with Crippen molar-refractivity contribution in [2.45, 2.75) is 58.2 Å². The fraction of sp³-hybridized carbons (Fsp3) is 0.750. The Morgan fingerprint density at radius 1 is 1.45 bits per heavy atom. The molecule has 2 atom stereocenters. The molecule has 1 aliphatic carbocycles. The number of nitrogens with zero attached hydrogens (tertiary/aromatic N) is 1. The van der Waals surface area contributed by atoms with E-state index in [9.17, 15) is 4.79 Å². The van der Waals surface area contributed by atoms with Gasteiger partial charge < -0.3 is 15.4 Å². The van der Waals surface area contributed by atoms with Crippen LogP contribution in [0.5, 0.6) is 0 Å². The maximum atomic E-state index is 12.6. The highest BCUT2D eigenvalue weighted by Gasteiger charge is 2.53. The van der Waals surface area contributed by atoms with Gasteiger partial charge in [-0.25, -0.2) is 0 Å². The predicted molar refractivity (Wildman–Crippen MR) is 83.7 cm³/mol. The third-order valence-electron chi connectivity index (χ3n) is 5.71. The van der Waals surface area contributed by atoms with E-state index in [2.05, 4.69) is 34.7 Å². The van der Waals surface area contributed by atoms with Crippen LogP contribution < -0.4 is 10.6 Å². The van der Waals surface area contributed by atoms with Crippen molar-refractivity contribution in [2.75, 3.05) is 13.7 Å². The largest absolute Gasteiger partial charge is 0.381 e. The molecule has 3 N–H and O–H groups in total. The Bertz CT molecular complexity index is 550. The summed E-state index contributed by atoms with van der Waals surface area (Å²) in [5, 5.41) is 13.7. The number of rotatable bonds is 5. The van der Waals surface area contributed by atoms with Crippen LogP contribution in [-0.2, 0) is 17.7 Å². The van der Waals surface area contributed by atoms with Crippen molar-refractivity contribution in [3.05, 3.63) is 17.0 Å². The van der Waals surface area contributed by atoms with E-state index < -0.39 is 0 Å². The van der Waals surface area contributed by atoms with Gasteiger partial charge in [-0.3, -0.25) is 9.89 Å². The Kier molecular flexibility index (Phi) is 4.23. The summed E-state index contributed by atoms with van der Waals surface area (Å²) >= 11 is 0. The predicted octanol–water partition coefficient (Wildman–Crippen LogP) is 1.38. The van der Waals surface area contributed by atoms with Crippen LogP contribution in [0, 0.1) is 5.41 Å². The first kappa shape index (κ1) is 15.5. The Morgan fingerprint density at radius 2 is 2.23 bits per heavy atom. The molecule has 2 aliphatic rings. The van der Waals surface area contributed by atoms with Gasteiger partial charge in [0.2, 0.25) is 0 Å². The van der Waals surface area contributed by atoms with Crippen molar-refractivity contribution in [3.63, 3.8) is 0 Å². The van der Waals surface area contributed by atoms with Crippen molar-refractivity contribution in [2.24, 2.45) is 5.41 Å². The summed E-state index contributed by atoms with van der Waals surface area (Å²) < 4.78 is 5.59. The lowest BCUT2D eigenvalue weighted by Crippen LogP contribution is -2.64. The summed E-state index contributed by atoms with van der Waals surface area (Å²) in [5.74, 6) is -0.0629. The summed E-state index contributed by atoms with van der Waals surface area (Å²) in [6.45, 7) is 6.00. The summed E-state index contributed by atoms with van der Waals surface area (Å²) in [6, 6.07) is 0.170. The van der Waals surface area contributed by atoms with Crippen LogP contribution in [-0.4, -0.2) is 41.9 Å². The van der Waals surface area contributed by atoms with Crippen molar-refractivity contribution < 1.29 is 9.53 Å².